The summed E-state index contributed by atoms with van der Waals surface area (Å²) < 4.78 is 5.00. The van der Waals surface area contributed by atoms with Crippen molar-refractivity contribution in [3.05, 3.63) is 23.7 Å². The van der Waals surface area contributed by atoms with Crippen LogP contribution in [0.2, 0.25) is 0 Å². The zero-order valence-electron chi connectivity index (χ0n) is 9.64. The van der Waals surface area contributed by atoms with Gasteiger partial charge in [0.15, 0.2) is 0 Å². The highest BCUT2D eigenvalue weighted by Gasteiger charge is 2.21. The fraction of sp³-hybridized carbons (Fsp3) is 0.455. The van der Waals surface area contributed by atoms with Gasteiger partial charge in [-0.2, -0.15) is 0 Å². The zero-order chi connectivity index (χ0) is 13.0. The van der Waals surface area contributed by atoms with Crippen LogP contribution in [0.5, 0.6) is 0 Å². The van der Waals surface area contributed by atoms with Gasteiger partial charge in [-0.1, -0.05) is 13.8 Å². The molecule has 0 radical (unpaired) electrons. The monoisotopic (exact) mass is 241 g/mol. The highest BCUT2D eigenvalue weighted by molar-refractivity contribution is 5.84. The number of rotatable bonds is 6. The highest BCUT2D eigenvalue weighted by atomic mass is 16.4. The van der Waals surface area contributed by atoms with Crippen LogP contribution in [0.15, 0.2) is 16.5 Å². The van der Waals surface area contributed by atoms with Crippen molar-refractivity contribution in [1.29, 1.82) is 0 Å². The first-order valence-corrected chi connectivity index (χ1v) is 5.20. The molecule has 0 bridgehead atoms. The number of carbonyl (C=O) groups is 2. The Bertz CT molecular complexity index is 410. The Hall–Kier alpha value is -1.82. The molecule has 1 unspecified atom stereocenters. The van der Waals surface area contributed by atoms with Gasteiger partial charge in [-0.05, 0) is 18.1 Å². The van der Waals surface area contributed by atoms with Crippen molar-refractivity contribution in [1.82, 2.24) is 5.32 Å². The molecule has 0 aliphatic rings. The molecule has 6 heteroatoms. The first-order chi connectivity index (χ1) is 7.91. The van der Waals surface area contributed by atoms with Crippen molar-refractivity contribution in [3.8, 4) is 0 Å². The van der Waals surface area contributed by atoms with Crippen LogP contribution in [0, 0.1) is 5.92 Å². The lowest BCUT2D eigenvalue weighted by Crippen LogP contribution is -2.40. The third-order valence-electron chi connectivity index (χ3n) is 2.30. The maximum absolute atomic E-state index is 10.9. The molecule has 0 fully saturated rings. The van der Waals surface area contributed by atoms with Crippen molar-refractivity contribution < 1.29 is 24.2 Å². The lowest BCUT2D eigenvalue weighted by Gasteiger charge is -2.16. The van der Waals surface area contributed by atoms with Gasteiger partial charge < -0.3 is 14.6 Å². The van der Waals surface area contributed by atoms with Crippen LogP contribution >= 0.6 is 0 Å². The molecule has 0 amide bonds. The number of nitrogens with one attached hydrogen (secondary N) is 1. The van der Waals surface area contributed by atoms with Crippen LogP contribution in [-0.4, -0.2) is 28.2 Å². The number of hydrogen-bond donors (Lipinski definition) is 3. The Morgan fingerprint density at radius 1 is 1.35 bits per heavy atom. The summed E-state index contributed by atoms with van der Waals surface area (Å²) in [5.41, 5.74) is 0. The third kappa shape index (κ3) is 3.60. The third-order valence-corrected chi connectivity index (χ3v) is 2.30. The summed E-state index contributed by atoms with van der Waals surface area (Å²) in [5, 5.41) is 20.4. The Morgan fingerprint density at radius 3 is 2.41 bits per heavy atom. The number of carboxylic acids is 2. The van der Waals surface area contributed by atoms with E-state index in [0.717, 1.165) is 0 Å². The second-order valence-electron chi connectivity index (χ2n) is 4.01. The van der Waals surface area contributed by atoms with E-state index in [-0.39, 0.29) is 18.2 Å². The van der Waals surface area contributed by atoms with Crippen LogP contribution < -0.4 is 5.32 Å². The Kier molecular flexibility index (Phi) is 4.28. The SMILES string of the molecule is CC(C)C(NCc1ccc(C(=O)O)o1)C(=O)O. The van der Waals surface area contributed by atoms with E-state index < -0.39 is 18.0 Å². The molecule has 0 spiro atoms. The Labute approximate surface area is 98.2 Å². The van der Waals surface area contributed by atoms with Gasteiger partial charge in [-0.25, -0.2) is 4.79 Å². The molecule has 94 valence electrons. The summed E-state index contributed by atoms with van der Waals surface area (Å²) in [5.74, 6) is -1.91. The lowest BCUT2D eigenvalue weighted by molar-refractivity contribution is -0.140. The molecule has 1 atom stereocenters. The van der Waals surface area contributed by atoms with Gasteiger partial charge in [-0.15, -0.1) is 0 Å². The van der Waals surface area contributed by atoms with E-state index in [1.54, 1.807) is 13.8 Å². The molecule has 0 aromatic carbocycles. The lowest BCUT2D eigenvalue weighted by atomic mass is 10.1. The maximum atomic E-state index is 10.9. The molecule has 0 saturated carbocycles. The topological polar surface area (TPSA) is 99.8 Å². The van der Waals surface area contributed by atoms with Gasteiger partial charge in [0.1, 0.15) is 11.8 Å². The number of hydrogen-bond acceptors (Lipinski definition) is 4. The van der Waals surface area contributed by atoms with Crippen LogP contribution in [-0.2, 0) is 11.3 Å². The zero-order valence-corrected chi connectivity index (χ0v) is 9.64. The van der Waals surface area contributed by atoms with Crippen LogP contribution in [0.3, 0.4) is 0 Å². The number of aromatic carboxylic acids is 1. The molecular formula is C11H15NO5. The smallest absolute Gasteiger partial charge is 0.371 e. The predicted molar refractivity (Wildman–Crippen MR) is 58.8 cm³/mol. The van der Waals surface area contributed by atoms with Gasteiger partial charge in [0.05, 0.1) is 6.54 Å². The average molecular weight is 241 g/mol. The normalized spacial score (nSPS) is 12.6. The van der Waals surface area contributed by atoms with Gasteiger partial charge in [-0.3, -0.25) is 10.1 Å². The molecule has 1 rings (SSSR count). The standard InChI is InChI=1S/C11H15NO5/c1-6(2)9(11(15)16)12-5-7-3-4-8(17-7)10(13)14/h3-4,6,9,12H,5H2,1-2H3,(H,13,14)(H,15,16). The van der Waals surface area contributed by atoms with Crippen molar-refractivity contribution in [2.75, 3.05) is 0 Å². The second-order valence-corrected chi connectivity index (χ2v) is 4.01. The van der Waals surface area contributed by atoms with Crippen molar-refractivity contribution in [3.63, 3.8) is 0 Å². The second kappa shape index (κ2) is 5.49. The van der Waals surface area contributed by atoms with E-state index in [1.807, 2.05) is 0 Å². The van der Waals surface area contributed by atoms with Crippen LogP contribution in [0.25, 0.3) is 0 Å². The number of aliphatic carboxylic acids is 1. The predicted octanol–water partition coefficient (Wildman–Crippen LogP) is 1.18. The van der Waals surface area contributed by atoms with Gasteiger partial charge in [0.25, 0.3) is 0 Å². The van der Waals surface area contributed by atoms with E-state index in [4.69, 9.17) is 14.6 Å². The molecular weight excluding hydrogens is 226 g/mol. The van der Waals surface area contributed by atoms with Crippen LogP contribution in [0.4, 0.5) is 0 Å². The quantitative estimate of drug-likeness (QED) is 0.691. The fourth-order valence-corrected chi connectivity index (χ4v) is 1.41. The van der Waals surface area contributed by atoms with E-state index in [2.05, 4.69) is 5.32 Å². The highest BCUT2D eigenvalue weighted by Crippen LogP contribution is 2.09. The van der Waals surface area contributed by atoms with Crippen molar-refractivity contribution >= 4 is 11.9 Å². The molecule has 0 aliphatic carbocycles. The molecule has 1 aromatic heterocycles. The van der Waals surface area contributed by atoms with Gasteiger partial charge in [0.2, 0.25) is 5.76 Å². The molecule has 3 N–H and O–H groups in total. The van der Waals surface area contributed by atoms with Crippen LogP contribution in [0.1, 0.15) is 30.2 Å². The van der Waals surface area contributed by atoms with Crippen molar-refractivity contribution in [2.24, 2.45) is 5.92 Å². The van der Waals surface area contributed by atoms with E-state index in [0.29, 0.717) is 5.76 Å². The minimum absolute atomic E-state index is 0.0681. The molecule has 1 aromatic rings. The maximum Gasteiger partial charge on any atom is 0.371 e. The van der Waals surface area contributed by atoms with Gasteiger partial charge >= 0.3 is 11.9 Å². The average Bonchev–Trinajstić information content (AvgIpc) is 2.65. The minimum Gasteiger partial charge on any atom is -0.480 e. The molecule has 1 heterocycles. The fourth-order valence-electron chi connectivity index (χ4n) is 1.41. The van der Waals surface area contributed by atoms with E-state index in [1.165, 1.54) is 12.1 Å². The number of carboxylic acid groups (broad SMARTS) is 2. The molecule has 0 aliphatic heterocycles. The van der Waals surface area contributed by atoms with Gasteiger partial charge in [0, 0.05) is 0 Å². The van der Waals surface area contributed by atoms with E-state index >= 15 is 0 Å². The molecule has 6 nitrogen and oxygen atoms in total. The first-order valence-electron chi connectivity index (χ1n) is 5.20. The summed E-state index contributed by atoms with van der Waals surface area (Å²) >= 11 is 0. The summed E-state index contributed by atoms with van der Waals surface area (Å²) in [6.45, 7) is 3.76. The summed E-state index contributed by atoms with van der Waals surface area (Å²) in [7, 11) is 0. The van der Waals surface area contributed by atoms with E-state index in [9.17, 15) is 9.59 Å². The molecule has 17 heavy (non-hydrogen) atoms. The molecule has 0 saturated heterocycles. The first kappa shape index (κ1) is 13.2. The largest absolute Gasteiger partial charge is 0.480 e. The summed E-state index contributed by atoms with van der Waals surface area (Å²) in [4.78, 5) is 21.4. The Balaban J connectivity index is 2.59. The minimum atomic E-state index is -1.14. The Morgan fingerprint density at radius 2 is 2.00 bits per heavy atom. The summed E-state index contributed by atoms with van der Waals surface area (Å²) in [6, 6.07) is 2.16. The summed E-state index contributed by atoms with van der Waals surface area (Å²) in [6.07, 6.45) is 0. The van der Waals surface area contributed by atoms with Crippen molar-refractivity contribution in [2.45, 2.75) is 26.4 Å². The number of furan rings is 1.